The Morgan fingerprint density at radius 2 is 1.56 bits per heavy atom. The van der Waals surface area contributed by atoms with Crippen LogP contribution >= 0.6 is 12.4 Å². The molecular weight excluding hydrogens is 274 g/mol. The fourth-order valence-electron chi connectivity index (χ4n) is 3.20. The molecule has 5 nitrogen and oxygen atoms in total. The molecule has 3 rings (SSSR count). The van der Waals surface area contributed by atoms with E-state index in [4.69, 9.17) is 0 Å². The topological polar surface area (TPSA) is 52.7 Å². The largest absolute Gasteiger partial charge is 0.310 e. The lowest BCUT2D eigenvalue weighted by Gasteiger charge is -2.28. The summed E-state index contributed by atoms with van der Waals surface area (Å²) in [7, 11) is -3.18. The van der Waals surface area contributed by atoms with Gasteiger partial charge in [0.25, 0.3) is 10.2 Å². The number of nitrogens with zero attached hydrogens (tertiary/aromatic N) is 2. The van der Waals surface area contributed by atoms with Crippen LogP contribution in [0.2, 0.25) is 0 Å². The van der Waals surface area contributed by atoms with E-state index in [0.29, 0.717) is 38.3 Å². The maximum atomic E-state index is 12.4. The van der Waals surface area contributed by atoms with Gasteiger partial charge in [-0.3, -0.25) is 0 Å². The summed E-state index contributed by atoms with van der Waals surface area (Å²) in [5.41, 5.74) is 0. The SMILES string of the molecule is Cl.O=S(=O)(N1CCCC1)N1CCC2CCC(C1)N2. The second-order valence-electron chi connectivity index (χ2n) is 5.40. The van der Waals surface area contributed by atoms with Crippen molar-refractivity contribution in [2.24, 2.45) is 0 Å². The molecule has 3 fully saturated rings. The number of fused-ring (bicyclic) bond motifs is 2. The average molecular weight is 296 g/mol. The van der Waals surface area contributed by atoms with E-state index in [2.05, 4.69) is 5.32 Å². The van der Waals surface area contributed by atoms with Crippen LogP contribution in [0.15, 0.2) is 0 Å². The summed E-state index contributed by atoms with van der Waals surface area (Å²) >= 11 is 0. The van der Waals surface area contributed by atoms with Crippen LogP contribution < -0.4 is 5.32 Å². The van der Waals surface area contributed by atoms with Gasteiger partial charge in [-0.05, 0) is 32.1 Å². The maximum Gasteiger partial charge on any atom is 0.282 e. The van der Waals surface area contributed by atoms with Crippen LogP contribution in [0, 0.1) is 0 Å². The minimum Gasteiger partial charge on any atom is -0.310 e. The van der Waals surface area contributed by atoms with Crippen LogP contribution in [0.25, 0.3) is 0 Å². The van der Waals surface area contributed by atoms with Crippen molar-refractivity contribution in [2.45, 2.75) is 44.2 Å². The monoisotopic (exact) mass is 295 g/mol. The van der Waals surface area contributed by atoms with E-state index in [-0.39, 0.29) is 12.4 Å². The molecule has 2 bridgehead atoms. The molecule has 3 heterocycles. The van der Waals surface area contributed by atoms with Crippen LogP contribution in [0.1, 0.15) is 32.1 Å². The molecule has 106 valence electrons. The molecule has 18 heavy (non-hydrogen) atoms. The Labute approximate surface area is 115 Å². The van der Waals surface area contributed by atoms with E-state index in [1.54, 1.807) is 8.61 Å². The minimum atomic E-state index is -3.18. The summed E-state index contributed by atoms with van der Waals surface area (Å²) in [6.45, 7) is 2.77. The maximum absolute atomic E-state index is 12.4. The van der Waals surface area contributed by atoms with Gasteiger partial charge < -0.3 is 5.32 Å². The minimum absolute atomic E-state index is 0. The third-order valence-electron chi connectivity index (χ3n) is 4.20. The van der Waals surface area contributed by atoms with Gasteiger partial charge in [-0.15, -0.1) is 12.4 Å². The molecule has 2 unspecified atom stereocenters. The highest BCUT2D eigenvalue weighted by Crippen LogP contribution is 2.24. The van der Waals surface area contributed by atoms with Crippen LogP contribution in [0.3, 0.4) is 0 Å². The molecule has 3 aliphatic heterocycles. The van der Waals surface area contributed by atoms with Crippen molar-refractivity contribution in [2.75, 3.05) is 26.2 Å². The number of hydrogen-bond acceptors (Lipinski definition) is 3. The zero-order chi connectivity index (χ0) is 11.9. The molecule has 0 aliphatic carbocycles. The lowest BCUT2D eigenvalue weighted by molar-refractivity contribution is 0.343. The molecule has 3 aliphatic rings. The Kier molecular flexibility index (Phi) is 4.54. The summed E-state index contributed by atoms with van der Waals surface area (Å²) in [6, 6.07) is 0.915. The van der Waals surface area contributed by atoms with Crippen LogP contribution in [-0.4, -0.2) is 55.3 Å². The second kappa shape index (κ2) is 5.63. The molecule has 0 aromatic rings. The van der Waals surface area contributed by atoms with Gasteiger partial charge in [-0.1, -0.05) is 0 Å². The van der Waals surface area contributed by atoms with E-state index in [9.17, 15) is 8.42 Å². The highest BCUT2D eigenvalue weighted by molar-refractivity contribution is 7.86. The van der Waals surface area contributed by atoms with Gasteiger partial charge >= 0.3 is 0 Å². The number of nitrogens with one attached hydrogen (secondary N) is 1. The smallest absolute Gasteiger partial charge is 0.282 e. The van der Waals surface area contributed by atoms with Gasteiger partial charge in [0.1, 0.15) is 0 Å². The summed E-state index contributed by atoms with van der Waals surface area (Å²) in [4.78, 5) is 0. The summed E-state index contributed by atoms with van der Waals surface area (Å²) in [5, 5.41) is 3.52. The van der Waals surface area contributed by atoms with Crippen molar-refractivity contribution < 1.29 is 8.42 Å². The van der Waals surface area contributed by atoms with Crippen molar-refractivity contribution in [1.82, 2.24) is 13.9 Å². The molecule has 0 saturated carbocycles. The number of rotatable bonds is 2. The lowest BCUT2D eigenvalue weighted by Crippen LogP contribution is -2.46. The Bertz CT molecular complexity index is 384. The normalized spacial score (nSPS) is 34.2. The molecule has 3 saturated heterocycles. The van der Waals surface area contributed by atoms with Gasteiger partial charge in [-0.25, -0.2) is 0 Å². The fraction of sp³-hybridized carbons (Fsp3) is 1.00. The van der Waals surface area contributed by atoms with Crippen molar-refractivity contribution in [3.05, 3.63) is 0 Å². The highest BCUT2D eigenvalue weighted by atomic mass is 35.5. The molecule has 1 N–H and O–H groups in total. The first kappa shape index (κ1) is 14.5. The predicted octanol–water partition coefficient (Wildman–Crippen LogP) is 0.575. The lowest BCUT2D eigenvalue weighted by atomic mass is 10.1. The summed E-state index contributed by atoms with van der Waals surface area (Å²) < 4.78 is 28.2. The number of hydrogen-bond donors (Lipinski definition) is 1. The predicted molar refractivity (Wildman–Crippen MR) is 73.1 cm³/mol. The quantitative estimate of drug-likeness (QED) is 0.811. The Morgan fingerprint density at radius 3 is 2.28 bits per heavy atom. The molecule has 0 aromatic heterocycles. The molecule has 7 heteroatoms. The summed E-state index contributed by atoms with van der Waals surface area (Å²) in [5.74, 6) is 0. The first-order valence-corrected chi connectivity index (χ1v) is 8.07. The van der Waals surface area contributed by atoms with Crippen LogP contribution in [-0.2, 0) is 10.2 Å². The first-order valence-electron chi connectivity index (χ1n) is 6.67. The Balaban J connectivity index is 0.00000120. The first-order chi connectivity index (χ1) is 8.16. The average Bonchev–Trinajstić information content (AvgIpc) is 2.87. The highest BCUT2D eigenvalue weighted by Gasteiger charge is 2.37. The van der Waals surface area contributed by atoms with E-state index in [1.807, 2.05) is 0 Å². The summed E-state index contributed by atoms with van der Waals surface area (Å²) in [6.07, 6.45) is 5.32. The van der Waals surface area contributed by atoms with Crippen molar-refractivity contribution in [3.63, 3.8) is 0 Å². The Morgan fingerprint density at radius 1 is 0.889 bits per heavy atom. The number of halogens is 1. The van der Waals surface area contributed by atoms with Crippen molar-refractivity contribution >= 4 is 22.6 Å². The van der Waals surface area contributed by atoms with E-state index >= 15 is 0 Å². The van der Waals surface area contributed by atoms with Gasteiger partial charge in [-0.2, -0.15) is 17.0 Å². The molecule has 0 amide bonds. The molecule has 0 spiro atoms. The van der Waals surface area contributed by atoms with Crippen molar-refractivity contribution in [3.8, 4) is 0 Å². The second-order valence-corrected chi connectivity index (χ2v) is 7.33. The van der Waals surface area contributed by atoms with Gasteiger partial charge in [0, 0.05) is 38.3 Å². The molecule has 0 radical (unpaired) electrons. The van der Waals surface area contributed by atoms with Crippen LogP contribution in [0.5, 0.6) is 0 Å². The molecule has 0 aromatic carbocycles. The van der Waals surface area contributed by atoms with Gasteiger partial charge in [0.2, 0.25) is 0 Å². The third kappa shape index (κ3) is 2.67. The zero-order valence-corrected chi connectivity index (χ0v) is 12.2. The van der Waals surface area contributed by atoms with Gasteiger partial charge in [0.05, 0.1) is 0 Å². The molecule has 2 atom stereocenters. The van der Waals surface area contributed by atoms with E-state index in [1.165, 1.54) is 6.42 Å². The van der Waals surface area contributed by atoms with Gasteiger partial charge in [0.15, 0.2) is 0 Å². The Hall–Kier alpha value is 0.120. The molecular formula is C11H22ClN3O2S. The van der Waals surface area contributed by atoms with E-state index in [0.717, 1.165) is 25.7 Å². The zero-order valence-electron chi connectivity index (χ0n) is 10.5. The van der Waals surface area contributed by atoms with Crippen LogP contribution in [0.4, 0.5) is 0 Å². The van der Waals surface area contributed by atoms with E-state index < -0.39 is 10.2 Å². The van der Waals surface area contributed by atoms with Crippen molar-refractivity contribution in [1.29, 1.82) is 0 Å². The standard InChI is InChI=1S/C11H21N3O2S.ClH/c15-17(16,13-6-1-2-7-13)14-8-5-10-3-4-11(9-14)12-10;/h10-12H,1-9H2;1H. The third-order valence-corrected chi connectivity index (χ3v) is 6.21. The fourth-order valence-corrected chi connectivity index (χ4v) is 4.95.